The van der Waals surface area contributed by atoms with Crippen molar-refractivity contribution < 1.29 is 19.5 Å². The summed E-state index contributed by atoms with van der Waals surface area (Å²) in [5, 5.41) is 9.13. The second-order valence-electron chi connectivity index (χ2n) is 4.66. The lowest BCUT2D eigenvalue weighted by atomic mass is 9.97. The van der Waals surface area contributed by atoms with Crippen LogP contribution >= 0.6 is 0 Å². The van der Waals surface area contributed by atoms with Crippen LogP contribution in [-0.2, 0) is 14.4 Å². The van der Waals surface area contributed by atoms with Crippen molar-refractivity contribution in [2.24, 2.45) is 17.8 Å². The minimum Gasteiger partial charge on any atom is -0.480 e. The van der Waals surface area contributed by atoms with E-state index in [1.54, 1.807) is 6.92 Å². The number of likely N-dealkylation sites (tertiary alicyclic amines) is 1. The number of aliphatic carboxylic acids is 1. The number of carbonyl (C=O) groups excluding carboxylic acids is 2. The van der Waals surface area contributed by atoms with Gasteiger partial charge in [0.05, 0.1) is 11.8 Å². The molecule has 16 heavy (non-hydrogen) atoms. The maximum Gasteiger partial charge on any atom is 0.327 e. The largest absolute Gasteiger partial charge is 0.480 e. The van der Waals surface area contributed by atoms with E-state index in [0.29, 0.717) is 12.8 Å². The van der Waals surface area contributed by atoms with Gasteiger partial charge >= 0.3 is 5.97 Å². The number of rotatable bonds is 4. The highest BCUT2D eigenvalue weighted by molar-refractivity contribution is 6.11. The third-order valence-corrected chi connectivity index (χ3v) is 3.61. The van der Waals surface area contributed by atoms with Gasteiger partial charge in [-0.05, 0) is 12.3 Å². The average molecular weight is 225 g/mol. The monoisotopic (exact) mass is 225 g/mol. The van der Waals surface area contributed by atoms with Crippen LogP contribution < -0.4 is 0 Å². The number of carboxylic acids is 1. The molecule has 1 aliphatic carbocycles. The first-order chi connectivity index (χ1) is 7.49. The molecule has 0 aromatic rings. The Balaban J connectivity index is 2.24. The Morgan fingerprint density at radius 2 is 1.94 bits per heavy atom. The molecule has 1 N–H and O–H groups in total. The minimum absolute atomic E-state index is 0.206. The van der Waals surface area contributed by atoms with Crippen molar-refractivity contribution in [3.8, 4) is 0 Å². The molecule has 0 spiro atoms. The van der Waals surface area contributed by atoms with Gasteiger partial charge in [-0.2, -0.15) is 0 Å². The van der Waals surface area contributed by atoms with Crippen molar-refractivity contribution in [2.45, 2.75) is 32.7 Å². The topological polar surface area (TPSA) is 74.7 Å². The highest BCUT2D eigenvalue weighted by Crippen LogP contribution is 2.48. The molecule has 1 saturated heterocycles. The number of hydrogen-bond donors (Lipinski definition) is 1. The fraction of sp³-hybridized carbons (Fsp3) is 0.727. The van der Waals surface area contributed by atoms with E-state index in [-0.39, 0.29) is 29.6 Å². The van der Waals surface area contributed by atoms with Crippen LogP contribution in [0.25, 0.3) is 0 Å². The molecule has 1 aliphatic heterocycles. The third kappa shape index (κ3) is 1.42. The van der Waals surface area contributed by atoms with Crippen molar-refractivity contribution in [3.05, 3.63) is 0 Å². The number of carbonyl (C=O) groups is 3. The lowest BCUT2D eigenvalue weighted by Gasteiger charge is -2.28. The molecule has 88 valence electrons. The molecule has 2 aliphatic rings. The average Bonchev–Trinajstić information content (AvgIpc) is 2.97. The van der Waals surface area contributed by atoms with E-state index in [0.717, 1.165) is 4.90 Å². The Kier molecular flexibility index (Phi) is 2.48. The van der Waals surface area contributed by atoms with Gasteiger partial charge in [0.1, 0.15) is 6.04 Å². The summed E-state index contributed by atoms with van der Waals surface area (Å²) in [7, 11) is 0. The Morgan fingerprint density at radius 1 is 1.44 bits per heavy atom. The lowest BCUT2D eigenvalue weighted by molar-refractivity contribution is -0.158. The van der Waals surface area contributed by atoms with E-state index >= 15 is 0 Å². The van der Waals surface area contributed by atoms with Crippen molar-refractivity contribution in [2.75, 3.05) is 0 Å². The van der Waals surface area contributed by atoms with Crippen LogP contribution in [-0.4, -0.2) is 33.8 Å². The second kappa shape index (κ2) is 3.57. The predicted octanol–water partition coefficient (Wildman–Crippen LogP) is 0.491. The zero-order valence-corrected chi connectivity index (χ0v) is 9.34. The van der Waals surface area contributed by atoms with Gasteiger partial charge in [0.15, 0.2) is 0 Å². The Bertz CT molecular complexity index is 345. The molecule has 2 amide bonds. The number of hydrogen-bond acceptors (Lipinski definition) is 3. The van der Waals surface area contributed by atoms with Crippen molar-refractivity contribution in [1.82, 2.24) is 4.90 Å². The van der Waals surface area contributed by atoms with Crippen molar-refractivity contribution in [1.29, 1.82) is 0 Å². The second-order valence-corrected chi connectivity index (χ2v) is 4.66. The van der Waals surface area contributed by atoms with Crippen molar-refractivity contribution >= 4 is 17.8 Å². The summed E-state index contributed by atoms with van der Waals surface area (Å²) in [6.07, 6.45) is 1.24. The summed E-state index contributed by atoms with van der Waals surface area (Å²) >= 11 is 0. The van der Waals surface area contributed by atoms with Gasteiger partial charge in [-0.3, -0.25) is 14.5 Å². The first-order valence-corrected chi connectivity index (χ1v) is 5.58. The van der Waals surface area contributed by atoms with Gasteiger partial charge in [0.25, 0.3) is 0 Å². The molecule has 2 rings (SSSR count). The van der Waals surface area contributed by atoms with Crippen LogP contribution in [0.5, 0.6) is 0 Å². The van der Waals surface area contributed by atoms with E-state index in [2.05, 4.69) is 0 Å². The highest BCUT2D eigenvalue weighted by atomic mass is 16.4. The first kappa shape index (κ1) is 11.1. The van der Waals surface area contributed by atoms with Gasteiger partial charge in [0.2, 0.25) is 11.8 Å². The zero-order valence-electron chi connectivity index (χ0n) is 9.34. The number of nitrogens with zero attached hydrogens (tertiary/aromatic N) is 1. The molecule has 1 saturated carbocycles. The number of fused-ring (bicyclic) bond motifs is 1. The molecule has 0 aromatic carbocycles. The molecular weight excluding hydrogens is 210 g/mol. The van der Waals surface area contributed by atoms with Gasteiger partial charge in [-0.25, -0.2) is 4.79 Å². The van der Waals surface area contributed by atoms with Crippen LogP contribution in [0.4, 0.5) is 0 Å². The maximum atomic E-state index is 11.8. The first-order valence-electron chi connectivity index (χ1n) is 5.58. The van der Waals surface area contributed by atoms with Gasteiger partial charge in [-0.1, -0.05) is 20.3 Å². The molecule has 0 bridgehead atoms. The molecule has 0 radical (unpaired) electrons. The summed E-state index contributed by atoms with van der Waals surface area (Å²) in [4.78, 5) is 35.7. The predicted molar refractivity (Wildman–Crippen MR) is 54.3 cm³/mol. The van der Waals surface area contributed by atoms with Crippen LogP contribution in [0, 0.1) is 17.8 Å². The number of amides is 2. The smallest absolute Gasteiger partial charge is 0.327 e. The summed E-state index contributed by atoms with van der Waals surface area (Å²) < 4.78 is 0. The fourth-order valence-electron chi connectivity index (χ4n) is 2.31. The van der Waals surface area contributed by atoms with E-state index in [4.69, 9.17) is 5.11 Å². The van der Waals surface area contributed by atoms with E-state index in [1.807, 2.05) is 6.92 Å². The van der Waals surface area contributed by atoms with Gasteiger partial charge in [0, 0.05) is 0 Å². The van der Waals surface area contributed by atoms with Crippen LogP contribution in [0.3, 0.4) is 0 Å². The molecule has 4 atom stereocenters. The summed E-state index contributed by atoms with van der Waals surface area (Å²) in [5.41, 5.74) is 0. The summed E-state index contributed by atoms with van der Waals surface area (Å²) in [6, 6.07) is -0.988. The number of carboxylic acid groups (broad SMARTS) is 1. The third-order valence-electron chi connectivity index (χ3n) is 3.61. The molecule has 5 nitrogen and oxygen atoms in total. The number of imide groups is 1. The van der Waals surface area contributed by atoms with Crippen LogP contribution in [0.15, 0.2) is 0 Å². The normalized spacial score (nSPS) is 31.2. The molecular formula is C11H15NO4. The maximum absolute atomic E-state index is 11.8. The van der Waals surface area contributed by atoms with E-state index < -0.39 is 12.0 Å². The van der Waals surface area contributed by atoms with Crippen LogP contribution in [0.1, 0.15) is 26.7 Å². The highest BCUT2D eigenvalue weighted by Gasteiger charge is 2.61. The summed E-state index contributed by atoms with van der Waals surface area (Å²) in [6.45, 7) is 3.61. The molecule has 0 aromatic heterocycles. The SMILES string of the molecule is CCC(C)C(C(=O)O)N1C(=O)C2CC2C1=O. The Morgan fingerprint density at radius 3 is 2.31 bits per heavy atom. The molecule has 1 heterocycles. The standard InChI is InChI=1S/C11H15NO4/c1-3-5(2)8(11(15)16)12-9(13)6-4-7(6)10(12)14/h5-8H,3-4H2,1-2H3,(H,15,16). The van der Waals surface area contributed by atoms with Crippen LogP contribution in [0.2, 0.25) is 0 Å². The van der Waals surface area contributed by atoms with E-state index in [9.17, 15) is 14.4 Å². The quantitative estimate of drug-likeness (QED) is 0.706. The fourth-order valence-corrected chi connectivity index (χ4v) is 2.31. The summed E-state index contributed by atoms with van der Waals surface area (Å²) in [5.74, 6) is -2.32. The zero-order chi connectivity index (χ0) is 12.0. The van der Waals surface area contributed by atoms with Crippen molar-refractivity contribution in [3.63, 3.8) is 0 Å². The molecule has 5 heteroatoms. The van der Waals surface area contributed by atoms with Gasteiger partial charge < -0.3 is 5.11 Å². The lowest BCUT2D eigenvalue weighted by Crippen LogP contribution is -2.49. The molecule has 4 unspecified atom stereocenters. The molecule has 2 fully saturated rings. The Hall–Kier alpha value is -1.39. The van der Waals surface area contributed by atoms with Gasteiger partial charge in [-0.15, -0.1) is 0 Å². The Labute approximate surface area is 93.4 Å². The number of piperidine rings is 1. The van der Waals surface area contributed by atoms with E-state index in [1.165, 1.54) is 0 Å². The minimum atomic E-state index is -1.09.